The molecule has 0 unspecified atom stereocenters. The molecule has 1 aromatic carbocycles. The van der Waals surface area contributed by atoms with Crippen molar-refractivity contribution in [2.75, 3.05) is 31.1 Å². The number of nitrogens with one attached hydrogen (secondary N) is 2. The number of amides is 5. The van der Waals surface area contributed by atoms with E-state index in [4.69, 9.17) is 0 Å². The molecule has 1 spiro atoms. The Kier molecular flexibility index (Phi) is 3.90. The van der Waals surface area contributed by atoms with Crippen LogP contribution in [0.3, 0.4) is 0 Å². The molecule has 0 aliphatic carbocycles. The van der Waals surface area contributed by atoms with E-state index in [-0.39, 0.29) is 24.3 Å². The second-order valence-corrected chi connectivity index (χ2v) is 7.10. The highest BCUT2D eigenvalue weighted by molar-refractivity contribution is 6.12. The minimum Gasteiger partial charge on any atom is -0.356 e. The fourth-order valence-electron chi connectivity index (χ4n) is 3.98. The predicted molar refractivity (Wildman–Crippen MR) is 92.5 cm³/mol. The molecule has 0 radical (unpaired) electrons. The molecule has 0 aromatic heterocycles. The first kappa shape index (κ1) is 16.6. The minimum absolute atomic E-state index is 0.0180. The van der Waals surface area contributed by atoms with E-state index in [1.54, 1.807) is 29.2 Å². The first-order valence-corrected chi connectivity index (χ1v) is 8.78. The lowest BCUT2D eigenvalue weighted by atomic mass is 9.79. The number of benzene rings is 1. The highest BCUT2D eigenvalue weighted by Crippen LogP contribution is 2.37. The smallest absolute Gasteiger partial charge is 0.329 e. The predicted octanol–water partition coefficient (Wildman–Crippen LogP) is 0.485. The van der Waals surface area contributed by atoms with E-state index in [0.717, 1.165) is 12.8 Å². The maximum absolute atomic E-state index is 12.8. The second-order valence-electron chi connectivity index (χ2n) is 7.10. The summed E-state index contributed by atoms with van der Waals surface area (Å²) in [6.45, 7) is 1.71. The van der Waals surface area contributed by atoms with E-state index in [1.165, 1.54) is 4.90 Å². The van der Waals surface area contributed by atoms with Crippen LogP contribution in [0.25, 0.3) is 0 Å². The number of nitrogens with zero attached hydrogens (tertiary/aromatic N) is 2. The summed E-state index contributed by atoms with van der Waals surface area (Å²) in [5.74, 6) is -0.406. The highest BCUT2D eigenvalue weighted by atomic mass is 16.2. The topological polar surface area (TPSA) is 98.8 Å². The van der Waals surface area contributed by atoms with Gasteiger partial charge in [-0.05, 0) is 43.5 Å². The van der Waals surface area contributed by atoms with Gasteiger partial charge in [0.25, 0.3) is 5.91 Å². The Bertz CT molecular complexity index is 791. The summed E-state index contributed by atoms with van der Waals surface area (Å²) >= 11 is 0. The molecule has 1 atom stereocenters. The van der Waals surface area contributed by atoms with E-state index < -0.39 is 11.4 Å². The first-order chi connectivity index (χ1) is 12.5. The van der Waals surface area contributed by atoms with Crippen molar-refractivity contribution in [3.63, 3.8) is 0 Å². The van der Waals surface area contributed by atoms with Crippen LogP contribution in [0.4, 0.5) is 10.5 Å². The normalized spacial score (nSPS) is 25.6. The Labute approximate surface area is 150 Å². The third-order valence-corrected chi connectivity index (χ3v) is 5.46. The van der Waals surface area contributed by atoms with Crippen LogP contribution in [0.2, 0.25) is 0 Å². The summed E-state index contributed by atoms with van der Waals surface area (Å²) in [4.78, 5) is 51.1. The van der Waals surface area contributed by atoms with Gasteiger partial charge in [-0.15, -0.1) is 0 Å². The summed E-state index contributed by atoms with van der Waals surface area (Å²) in [6.07, 6.45) is 2.46. The molecule has 26 heavy (non-hydrogen) atoms. The average Bonchev–Trinajstić information content (AvgIpc) is 3.21. The van der Waals surface area contributed by atoms with Crippen molar-refractivity contribution >= 4 is 29.4 Å². The first-order valence-electron chi connectivity index (χ1n) is 8.78. The Balaban J connectivity index is 1.46. The Morgan fingerprint density at radius 1 is 1.08 bits per heavy atom. The van der Waals surface area contributed by atoms with Crippen LogP contribution < -0.4 is 15.5 Å². The van der Waals surface area contributed by atoms with Crippen LogP contribution in [0.1, 0.15) is 29.6 Å². The zero-order valence-corrected chi connectivity index (χ0v) is 14.3. The molecule has 0 bridgehead atoms. The number of carbonyl (C=O) groups excluding carboxylic acids is 4. The van der Waals surface area contributed by atoms with Crippen LogP contribution in [-0.2, 0) is 9.59 Å². The largest absolute Gasteiger partial charge is 0.356 e. The molecule has 8 heteroatoms. The number of rotatable bonds is 2. The fraction of sp³-hybridized carbons (Fsp3) is 0.444. The molecule has 2 N–H and O–H groups in total. The highest BCUT2D eigenvalue weighted by Gasteiger charge is 2.46. The monoisotopic (exact) mass is 356 g/mol. The zero-order valence-electron chi connectivity index (χ0n) is 14.3. The summed E-state index contributed by atoms with van der Waals surface area (Å²) in [6, 6.07) is 6.16. The van der Waals surface area contributed by atoms with Crippen molar-refractivity contribution in [2.45, 2.75) is 19.3 Å². The maximum Gasteiger partial charge on any atom is 0.329 e. The van der Waals surface area contributed by atoms with Gasteiger partial charge < -0.3 is 10.2 Å². The van der Waals surface area contributed by atoms with Gasteiger partial charge in [0.15, 0.2) is 0 Å². The lowest BCUT2D eigenvalue weighted by Gasteiger charge is -2.32. The SMILES string of the molecule is O=C1CN(c2ccc(C(=O)N3CC[C@]4(CCCNC4=O)C3)cc2)C(=O)N1. The molecule has 5 amide bonds. The molecule has 3 aliphatic rings. The molecular weight excluding hydrogens is 336 g/mol. The lowest BCUT2D eigenvalue weighted by molar-refractivity contribution is -0.132. The molecule has 0 saturated carbocycles. The number of anilines is 1. The zero-order chi connectivity index (χ0) is 18.3. The average molecular weight is 356 g/mol. The van der Waals surface area contributed by atoms with Gasteiger partial charge in [-0.25, -0.2) is 4.79 Å². The van der Waals surface area contributed by atoms with Crippen molar-refractivity contribution in [1.82, 2.24) is 15.5 Å². The van der Waals surface area contributed by atoms with Gasteiger partial charge in [0, 0.05) is 30.9 Å². The van der Waals surface area contributed by atoms with Gasteiger partial charge in [-0.3, -0.25) is 24.6 Å². The van der Waals surface area contributed by atoms with Crippen LogP contribution in [0.15, 0.2) is 24.3 Å². The van der Waals surface area contributed by atoms with Crippen molar-refractivity contribution in [1.29, 1.82) is 0 Å². The molecule has 136 valence electrons. The fourth-order valence-corrected chi connectivity index (χ4v) is 3.98. The molecule has 3 saturated heterocycles. The number of likely N-dealkylation sites (tertiary alicyclic amines) is 1. The van der Waals surface area contributed by atoms with Crippen LogP contribution in [0.5, 0.6) is 0 Å². The van der Waals surface area contributed by atoms with E-state index in [0.29, 0.717) is 37.3 Å². The Morgan fingerprint density at radius 3 is 2.50 bits per heavy atom. The molecule has 8 nitrogen and oxygen atoms in total. The molecule has 1 aromatic rings. The summed E-state index contributed by atoms with van der Waals surface area (Å²) in [7, 11) is 0. The van der Waals surface area contributed by atoms with Gasteiger partial charge in [0.1, 0.15) is 6.54 Å². The summed E-state index contributed by atoms with van der Waals surface area (Å²) in [5, 5.41) is 5.13. The standard InChI is InChI=1S/C18H20N4O4/c23-14-10-22(17(26)20-14)13-4-2-12(3-5-13)15(24)21-9-7-18(11-21)6-1-8-19-16(18)25/h2-5H,1,6-11H2,(H,19,25)(H,20,23,26)/t18-/m1/s1. The molecule has 3 aliphatic heterocycles. The number of urea groups is 1. The third-order valence-electron chi connectivity index (χ3n) is 5.46. The van der Waals surface area contributed by atoms with E-state index in [2.05, 4.69) is 10.6 Å². The second kappa shape index (κ2) is 6.12. The van der Waals surface area contributed by atoms with Crippen LogP contribution in [-0.4, -0.2) is 54.8 Å². The number of hydrogen-bond donors (Lipinski definition) is 2. The van der Waals surface area contributed by atoms with Gasteiger partial charge in [0.05, 0.1) is 5.41 Å². The van der Waals surface area contributed by atoms with Crippen molar-refractivity contribution in [2.24, 2.45) is 5.41 Å². The maximum atomic E-state index is 12.8. The third kappa shape index (κ3) is 2.71. The molecule has 4 rings (SSSR count). The minimum atomic E-state index is -0.459. The summed E-state index contributed by atoms with van der Waals surface area (Å²) < 4.78 is 0. The van der Waals surface area contributed by atoms with Crippen LogP contribution in [0, 0.1) is 5.41 Å². The number of carbonyl (C=O) groups is 4. The molecule has 3 fully saturated rings. The number of hydrogen-bond acceptors (Lipinski definition) is 4. The Morgan fingerprint density at radius 2 is 1.85 bits per heavy atom. The number of piperidine rings is 1. The molecule has 3 heterocycles. The van der Waals surface area contributed by atoms with Crippen molar-refractivity contribution in [3.05, 3.63) is 29.8 Å². The van der Waals surface area contributed by atoms with Crippen LogP contribution >= 0.6 is 0 Å². The van der Waals surface area contributed by atoms with Crippen molar-refractivity contribution in [3.8, 4) is 0 Å². The Hall–Kier alpha value is -2.90. The quantitative estimate of drug-likeness (QED) is 0.753. The van der Waals surface area contributed by atoms with Crippen molar-refractivity contribution < 1.29 is 19.2 Å². The van der Waals surface area contributed by atoms with E-state index >= 15 is 0 Å². The van der Waals surface area contributed by atoms with E-state index in [1.807, 2.05) is 0 Å². The van der Waals surface area contributed by atoms with Gasteiger partial charge in [-0.2, -0.15) is 0 Å². The van der Waals surface area contributed by atoms with E-state index in [9.17, 15) is 19.2 Å². The number of imide groups is 1. The molecular formula is C18H20N4O4. The summed E-state index contributed by atoms with van der Waals surface area (Å²) in [5.41, 5.74) is 0.629. The van der Waals surface area contributed by atoms with Gasteiger partial charge in [-0.1, -0.05) is 0 Å². The lowest BCUT2D eigenvalue weighted by Crippen LogP contribution is -2.47. The van der Waals surface area contributed by atoms with Gasteiger partial charge in [0.2, 0.25) is 11.8 Å². The van der Waals surface area contributed by atoms with Gasteiger partial charge >= 0.3 is 6.03 Å².